The van der Waals surface area contributed by atoms with Crippen LogP contribution in [0.25, 0.3) is 0 Å². The van der Waals surface area contributed by atoms with E-state index in [2.05, 4.69) is 32.6 Å². The Hall–Kier alpha value is -0.0400. The number of likely N-dealkylation sites (tertiary alicyclic amines) is 1. The van der Waals surface area contributed by atoms with Gasteiger partial charge >= 0.3 is 0 Å². The highest BCUT2D eigenvalue weighted by Gasteiger charge is 2.59. The predicted molar refractivity (Wildman–Crippen MR) is 56.7 cm³/mol. The zero-order valence-electron chi connectivity index (χ0n) is 9.51. The summed E-state index contributed by atoms with van der Waals surface area (Å²) in [5.74, 6) is 3.12. The lowest BCUT2D eigenvalue weighted by molar-refractivity contribution is 0.225. The molecule has 1 nitrogen and oxygen atoms in total. The Morgan fingerprint density at radius 3 is 2.08 bits per heavy atom. The normalized spacial score (nSPS) is 39.2. The van der Waals surface area contributed by atoms with Crippen molar-refractivity contribution >= 4 is 0 Å². The topological polar surface area (TPSA) is 3.24 Å². The molecule has 2 fully saturated rings. The molecule has 1 aliphatic carbocycles. The fourth-order valence-electron chi connectivity index (χ4n) is 3.40. The number of hydrogen-bond donors (Lipinski definition) is 0. The second-order valence-corrected chi connectivity index (χ2v) is 5.98. The van der Waals surface area contributed by atoms with Gasteiger partial charge in [0.1, 0.15) is 0 Å². The maximum absolute atomic E-state index is 2.65. The molecule has 76 valence electrons. The first-order valence-electron chi connectivity index (χ1n) is 5.76. The summed E-state index contributed by atoms with van der Waals surface area (Å²) in [5.41, 5.74) is 0.563. The molecule has 0 radical (unpaired) electrons. The van der Waals surface area contributed by atoms with E-state index in [0.29, 0.717) is 5.41 Å². The van der Waals surface area contributed by atoms with Crippen molar-refractivity contribution in [2.45, 2.75) is 34.1 Å². The highest BCUT2D eigenvalue weighted by molar-refractivity contribution is 5.08. The molecule has 0 spiro atoms. The summed E-state index contributed by atoms with van der Waals surface area (Å²) < 4.78 is 0. The fourth-order valence-corrected chi connectivity index (χ4v) is 3.40. The van der Waals surface area contributed by atoms with E-state index in [-0.39, 0.29) is 0 Å². The average molecular weight is 181 g/mol. The van der Waals surface area contributed by atoms with Gasteiger partial charge in [0.2, 0.25) is 0 Å². The third kappa shape index (κ3) is 1.63. The van der Waals surface area contributed by atoms with Gasteiger partial charge in [-0.2, -0.15) is 0 Å². The van der Waals surface area contributed by atoms with Crippen LogP contribution in [0.2, 0.25) is 0 Å². The van der Waals surface area contributed by atoms with Crippen molar-refractivity contribution in [3.63, 3.8) is 0 Å². The van der Waals surface area contributed by atoms with Crippen LogP contribution in [0, 0.1) is 23.2 Å². The summed E-state index contributed by atoms with van der Waals surface area (Å²) in [6.07, 6.45) is 1.32. The SMILES string of the molecule is CCCN1CC2C(C(C)(C)C)[C@@H]2C1. The van der Waals surface area contributed by atoms with Crippen molar-refractivity contribution < 1.29 is 0 Å². The van der Waals surface area contributed by atoms with Crippen LogP contribution >= 0.6 is 0 Å². The molecule has 2 unspecified atom stereocenters. The lowest BCUT2D eigenvalue weighted by Gasteiger charge is -2.25. The summed E-state index contributed by atoms with van der Waals surface area (Å²) >= 11 is 0. The van der Waals surface area contributed by atoms with Crippen LogP contribution in [0.5, 0.6) is 0 Å². The van der Waals surface area contributed by atoms with Gasteiger partial charge in [-0.15, -0.1) is 0 Å². The van der Waals surface area contributed by atoms with Crippen LogP contribution in [0.1, 0.15) is 34.1 Å². The molecule has 0 N–H and O–H groups in total. The number of hydrogen-bond acceptors (Lipinski definition) is 1. The van der Waals surface area contributed by atoms with Gasteiger partial charge < -0.3 is 4.90 Å². The Bertz CT molecular complexity index is 180. The second kappa shape index (κ2) is 2.98. The average Bonchev–Trinajstić information content (AvgIpc) is 2.51. The Balaban J connectivity index is 1.84. The lowest BCUT2D eigenvalue weighted by atomic mass is 9.87. The van der Waals surface area contributed by atoms with Gasteiger partial charge in [-0.3, -0.25) is 0 Å². The Morgan fingerprint density at radius 2 is 1.69 bits per heavy atom. The van der Waals surface area contributed by atoms with E-state index in [1.807, 2.05) is 0 Å². The molecule has 0 aromatic heterocycles. The monoisotopic (exact) mass is 181 g/mol. The molecular weight excluding hydrogens is 158 g/mol. The Morgan fingerprint density at radius 1 is 1.15 bits per heavy atom. The minimum Gasteiger partial charge on any atom is -0.303 e. The van der Waals surface area contributed by atoms with E-state index in [1.165, 1.54) is 26.1 Å². The van der Waals surface area contributed by atoms with E-state index in [9.17, 15) is 0 Å². The van der Waals surface area contributed by atoms with Gasteiger partial charge in [0, 0.05) is 13.1 Å². The van der Waals surface area contributed by atoms with Crippen LogP contribution in [-0.4, -0.2) is 24.5 Å². The second-order valence-electron chi connectivity index (χ2n) is 5.98. The summed E-state index contributed by atoms with van der Waals surface area (Å²) in [6, 6.07) is 0. The van der Waals surface area contributed by atoms with E-state index in [1.54, 1.807) is 0 Å². The van der Waals surface area contributed by atoms with Gasteiger partial charge in [-0.25, -0.2) is 0 Å². The van der Waals surface area contributed by atoms with E-state index < -0.39 is 0 Å². The van der Waals surface area contributed by atoms with Crippen LogP contribution in [0.3, 0.4) is 0 Å². The molecule has 0 aromatic rings. The van der Waals surface area contributed by atoms with Gasteiger partial charge in [-0.1, -0.05) is 27.7 Å². The predicted octanol–water partition coefficient (Wildman–Crippen LogP) is 2.62. The molecular formula is C12H23N. The number of piperidine rings is 1. The molecule has 0 bridgehead atoms. The zero-order valence-corrected chi connectivity index (χ0v) is 9.51. The molecule has 1 saturated heterocycles. The summed E-state index contributed by atoms with van der Waals surface area (Å²) in [6.45, 7) is 13.6. The lowest BCUT2D eigenvalue weighted by Crippen LogP contribution is -2.28. The third-order valence-electron chi connectivity index (χ3n) is 3.81. The molecule has 1 saturated carbocycles. The Labute approximate surface area is 82.5 Å². The first kappa shape index (κ1) is 9.51. The summed E-state index contributed by atoms with van der Waals surface area (Å²) in [7, 11) is 0. The van der Waals surface area contributed by atoms with Crippen LogP contribution < -0.4 is 0 Å². The largest absolute Gasteiger partial charge is 0.303 e. The molecule has 1 heterocycles. The van der Waals surface area contributed by atoms with Crippen molar-refractivity contribution in [3.8, 4) is 0 Å². The smallest absolute Gasteiger partial charge is 0.00160 e. The maximum Gasteiger partial charge on any atom is 0.00160 e. The fraction of sp³-hybridized carbons (Fsp3) is 1.00. The number of rotatable bonds is 2. The zero-order chi connectivity index (χ0) is 9.64. The standard InChI is InChI=1S/C12H23N/c1-5-6-13-7-9-10(8-13)11(9)12(2,3)4/h9-11H,5-8H2,1-4H3/t9-,10?,11?/m1/s1. The molecule has 13 heavy (non-hydrogen) atoms. The molecule has 3 atom stereocenters. The van der Waals surface area contributed by atoms with Gasteiger partial charge in [0.05, 0.1) is 0 Å². The molecule has 1 aliphatic heterocycles. The van der Waals surface area contributed by atoms with E-state index >= 15 is 0 Å². The van der Waals surface area contributed by atoms with Gasteiger partial charge in [-0.05, 0) is 36.1 Å². The van der Waals surface area contributed by atoms with Gasteiger partial charge in [0.25, 0.3) is 0 Å². The highest BCUT2D eigenvalue weighted by Crippen LogP contribution is 2.59. The van der Waals surface area contributed by atoms with Crippen molar-refractivity contribution in [2.75, 3.05) is 19.6 Å². The first-order chi connectivity index (χ1) is 6.04. The van der Waals surface area contributed by atoms with Crippen LogP contribution in [0.4, 0.5) is 0 Å². The van der Waals surface area contributed by atoms with Crippen molar-refractivity contribution in [1.82, 2.24) is 4.90 Å². The molecule has 0 aromatic carbocycles. The van der Waals surface area contributed by atoms with Crippen LogP contribution in [0.15, 0.2) is 0 Å². The van der Waals surface area contributed by atoms with Crippen molar-refractivity contribution in [3.05, 3.63) is 0 Å². The quantitative estimate of drug-likeness (QED) is 0.633. The molecule has 2 rings (SSSR count). The maximum atomic E-state index is 2.65. The van der Waals surface area contributed by atoms with Crippen molar-refractivity contribution in [2.24, 2.45) is 23.2 Å². The molecule has 1 heteroatoms. The third-order valence-corrected chi connectivity index (χ3v) is 3.81. The van der Waals surface area contributed by atoms with Gasteiger partial charge in [0.15, 0.2) is 0 Å². The van der Waals surface area contributed by atoms with E-state index in [4.69, 9.17) is 0 Å². The number of nitrogens with zero attached hydrogens (tertiary/aromatic N) is 1. The van der Waals surface area contributed by atoms with Crippen molar-refractivity contribution in [1.29, 1.82) is 0 Å². The minimum atomic E-state index is 0.563. The summed E-state index contributed by atoms with van der Waals surface area (Å²) in [5, 5.41) is 0. The minimum absolute atomic E-state index is 0.563. The van der Waals surface area contributed by atoms with E-state index in [0.717, 1.165) is 17.8 Å². The Kier molecular flexibility index (Phi) is 2.18. The summed E-state index contributed by atoms with van der Waals surface area (Å²) in [4.78, 5) is 2.65. The highest BCUT2D eigenvalue weighted by atomic mass is 15.2. The molecule has 0 amide bonds. The molecule has 2 aliphatic rings. The first-order valence-corrected chi connectivity index (χ1v) is 5.76. The van der Waals surface area contributed by atoms with Crippen LogP contribution in [-0.2, 0) is 0 Å². The number of fused-ring (bicyclic) bond motifs is 1.